The van der Waals surface area contributed by atoms with E-state index in [-0.39, 0.29) is 0 Å². The molecular formula is C25H34N4. The summed E-state index contributed by atoms with van der Waals surface area (Å²) in [6, 6.07) is 18.9. The van der Waals surface area contributed by atoms with Crippen molar-refractivity contribution >= 4 is 5.82 Å². The van der Waals surface area contributed by atoms with E-state index in [1.54, 1.807) is 0 Å². The third kappa shape index (κ3) is 8.04. The van der Waals surface area contributed by atoms with Gasteiger partial charge in [-0.2, -0.15) is 0 Å². The van der Waals surface area contributed by atoms with Crippen LogP contribution in [-0.2, 0) is 26.1 Å². The van der Waals surface area contributed by atoms with Gasteiger partial charge in [0.2, 0.25) is 0 Å². The molecule has 1 aromatic carbocycles. The molecule has 0 aliphatic heterocycles. The van der Waals surface area contributed by atoms with Crippen molar-refractivity contribution in [1.82, 2.24) is 15.3 Å². The second-order valence-corrected chi connectivity index (χ2v) is 6.71. The number of nitrogens with one attached hydrogen (secondary N) is 2. The van der Waals surface area contributed by atoms with E-state index in [1.807, 2.05) is 50.5 Å². The lowest BCUT2D eigenvalue weighted by Gasteiger charge is -2.11. The van der Waals surface area contributed by atoms with Crippen molar-refractivity contribution in [3.8, 4) is 0 Å². The minimum Gasteiger partial charge on any atom is -0.366 e. The minimum atomic E-state index is 0.782. The van der Waals surface area contributed by atoms with Gasteiger partial charge in [-0.05, 0) is 47.7 Å². The van der Waals surface area contributed by atoms with Gasteiger partial charge < -0.3 is 10.6 Å². The largest absolute Gasteiger partial charge is 0.366 e. The van der Waals surface area contributed by atoms with Crippen molar-refractivity contribution in [3.63, 3.8) is 0 Å². The van der Waals surface area contributed by atoms with Crippen LogP contribution in [0.4, 0.5) is 5.82 Å². The van der Waals surface area contributed by atoms with E-state index >= 15 is 0 Å². The zero-order valence-corrected chi connectivity index (χ0v) is 18.0. The molecule has 0 fully saturated rings. The molecule has 0 unspecified atom stereocenters. The van der Waals surface area contributed by atoms with E-state index in [0.29, 0.717) is 0 Å². The van der Waals surface area contributed by atoms with Gasteiger partial charge >= 0.3 is 0 Å². The number of nitrogens with zero attached hydrogens (tertiary/aromatic N) is 2. The summed E-state index contributed by atoms with van der Waals surface area (Å²) < 4.78 is 0. The fourth-order valence-electron chi connectivity index (χ4n) is 2.97. The highest BCUT2D eigenvalue weighted by molar-refractivity contribution is 5.44. The first kappa shape index (κ1) is 22.6. The lowest BCUT2D eigenvalue weighted by molar-refractivity contribution is 0.679. The van der Waals surface area contributed by atoms with E-state index in [4.69, 9.17) is 0 Å². The van der Waals surface area contributed by atoms with Gasteiger partial charge in [-0.1, -0.05) is 63.6 Å². The van der Waals surface area contributed by atoms with Crippen molar-refractivity contribution < 1.29 is 0 Å². The maximum Gasteiger partial charge on any atom is 0.129 e. The minimum absolute atomic E-state index is 0.782. The number of hydrogen-bond acceptors (Lipinski definition) is 4. The topological polar surface area (TPSA) is 49.8 Å². The molecule has 0 bridgehead atoms. The van der Waals surface area contributed by atoms with Crippen LogP contribution in [0.25, 0.3) is 0 Å². The number of pyridine rings is 2. The third-order valence-corrected chi connectivity index (χ3v) is 4.54. The molecule has 3 aromatic rings. The average molecular weight is 391 g/mol. The van der Waals surface area contributed by atoms with Gasteiger partial charge in [0, 0.05) is 32.0 Å². The van der Waals surface area contributed by atoms with Crippen molar-refractivity contribution in [2.75, 3.05) is 5.32 Å². The molecule has 2 N–H and O–H groups in total. The van der Waals surface area contributed by atoms with Crippen LogP contribution in [0.3, 0.4) is 0 Å². The smallest absolute Gasteiger partial charge is 0.129 e. The van der Waals surface area contributed by atoms with Gasteiger partial charge in [0.25, 0.3) is 0 Å². The quantitative estimate of drug-likeness (QED) is 0.463. The first-order valence-electron chi connectivity index (χ1n) is 10.7. The Bertz CT molecular complexity index is 801. The van der Waals surface area contributed by atoms with Crippen LogP contribution in [-0.4, -0.2) is 9.97 Å². The Hall–Kier alpha value is -2.72. The summed E-state index contributed by atoms with van der Waals surface area (Å²) in [7, 11) is 0. The van der Waals surface area contributed by atoms with Crippen molar-refractivity contribution in [3.05, 3.63) is 89.4 Å². The molecule has 0 aliphatic rings. The van der Waals surface area contributed by atoms with Gasteiger partial charge in [0.1, 0.15) is 5.82 Å². The first-order valence-corrected chi connectivity index (χ1v) is 10.7. The third-order valence-electron chi connectivity index (χ3n) is 4.54. The lowest BCUT2D eigenvalue weighted by Crippen LogP contribution is -2.13. The van der Waals surface area contributed by atoms with Crippen LogP contribution in [0.15, 0.2) is 67.0 Å². The predicted molar refractivity (Wildman–Crippen MR) is 123 cm³/mol. The zero-order chi connectivity index (χ0) is 20.7. The van der Waals surface area contributed by atoms with Crippen molar-refractivity contribution in [2.24, 2.45) is 0 Å². The van der Waals surface area contributed by atoms with Gasteiger partial charge in [-0.15, -0.1) is 0 Å². The van der Waals surface area contributed by atoms with Crippen LogP contribution < -0.4 is 10.6 Å². The lowest BCUT2D eigenvalue weighted by atomic mass is 10.1. The molecule has 2 heterocycles. The Morgan fingerprint density at radius 1 is 0.759 bits per heavy atom. The molecule has 0 aliphatic carbocycles. The number of aromatic nitrogens is 2. The molecule has 0 saturated carbocycles. The molecule has 0 saturated heterocycles. The van der Waals surface area contributed by atoms with Crippen molar-refractivity contribution in [2.45, 2.75) is 59.7 Å². The standard InChI is InChI=1S/C23H28N4.C2H6/c1-2-3-7-21-8-6-15-26-23(21)27-17-20-12-10-19(11-13-20)16-24-18-22-9-4-5-14-25-22;1-2/h4-6,8-15,24H,2-3,7,16-18H2,1H3,(H,26,27);1-2H3. The summed E-state index contributed by atoms with van der Waals surface area (Å²) in [5.41, 5.74) is 4.90. The van der Waals surface area contributed by atoms with Crippen LogP contribution in [0, 0.1) is 0 Å². The number of hydrogen-bond donors (Lipinski definition) is 2. The highest BCUT2D eigenvalue weighted by Gasteiger charge is 2.03. The van der Waals surface area contributed by atoms with Crippen LogP contribution in [0.2, 0.25) is 0 Å². The summed E-state index contributed by atoms with van der Waals surface area (Å²) in [6.07, 6.45) is 7.15. The van der Waals surface area contributed by atoms with Gasteiger partial charge in [-0.25, -0.2) is 4.98 Å². The van der Waals surface area contributed by atoms with E-state index in [1.165, 1.54) is 29.5 Å². The predicted octanol–water partition coefficient (Wildman–Crippen LogP) is 5.75. The maximum absolute atomic E-state index is 4.51. The van der Waals surface area contributed by atoms with E-state index in [2.05, 4.69) is 57.9 Å². The highest BCUT2D eigenvalue weighted by Crippen LogP contribution is 2.16. The number of aryl methyl sites for hydroxylation is 1. The molecule has 29 heavy (non-hydrogen) atoms. The van der Waals surface area contributed by atoms with E-state index in [9.17, 15) is 0 Å². The molecular weight excluding hydrogens is 356 g/mol. The summed E-state index contributed by atoms with van der Waals surface area (Å²) in [5.74, 6) is 1.01. The van der Waals surface area contributed by atoms with E-state index in [0.717, 1.165) is 37.6 Å². The molecule has 0 radical (unpaired) electrons. The normalized spacial score (nSPS) is 10.2. The highest BCUT2D eigenvalue weighted by atomic mass is 15.0. The fraction of sp³-hybridized carbons (Fsp3) is 0.360. The summed E-state index contributed by atoms with van der Waals surface area (Å²) in [4.78, 5) is 8.83. The second kappa shape index (κ2) is 13.5. The first-order chi connectivity index (χ1) is 14.3. The van der Waals surface area contributed by atoms with Crippen LogP contribution in [0.5, 0.6) is 0 Å². The molecule has 0 amide bonds. The summed E-state index contributed by atoms with van der Waals surface area (Å²) in [5, 5.41) is 6.92. The Morgan fingerprint density at radius 3 is 2.17 bits per heavy atom. The number of rotatable bonds is 10. The number of anilines is 1. The molecule has 154 valence electrons. The second-order valence-electron chi connectivity index (χ2n) is 6.71. The molecule has 4 heteroatoms. The van der Waals surface area contributed by atoms with E-state index < -0.39 is 0 Å². The SMILES string of the molecule is CC.CCCCc1cccnc1NCc1ccc(CNCc2ccccn2)cc1. The van der Waals surface area contributed by atoms with Crippen LogP contribution >= 0.6 is 0 Å². The number of benzene rings is 1. The van der Waals surface area contributed by atoms with Crippen LogP contribution in [0.1, 0.15) is 56.0 Å². The van der Waals surface area contributed by atoms with Gasteiger partial charge in [0.15, 0.2) is 0 Å². The fourth-order valence-corrected chi connectivity index (χ4v) is 2.97. The Labute approximate surface area is 175 Å². The Morgan fingerprint density at radius 2 is 1.48 bits per heavy atom. The molecule has 2 aromatic heterocycles. The molecule has 3 rings (SSSR count). The molecule has 0 atom stereocenters. The van der Waals surface area contributed by atoms with Crippen molar-refractivity contribution in [1.29, 1.82) is 0 Å². The monoisotopic (exact) mass is 390 g/mol. The van der Waals surface area contributed by atoms with Gasteiger partial charge in [0.05, 0.1) is 5.69 Å². The average Bonchev–Trinajstić information content (AvgIpc) is 2.80. The molecule has 0 spiro atoms. The molecule has 4 nitrogen and oxygen atoms in total. The summed E-state index contributed by atoms with van der Waals surface area (Å²) in [6.45, 7) is 8.63. The van der Waals surface area contributed by atoms with Gasteiger partial charge in [-0.3, -0.25) is 4.98 Å². The Balaban J connectivity index is 0.00000145. The summed E-state index contributed by atoms with van der Waals surface area (Å²) >= 11 is 0. The zero-order valence-electron chi connectivity index (χ0n) is 18.0. The maximum atomic E-state index is 4.51. The number of unbranched alkanes of at least 4 members (excludes halogenated alkanes) is 1. The Kier molecular flexibility index (Phi) is 10.5.